The van der Waals surface area contributed by atoms with Gasteiger partial charge in [-0.1, -0.05) is 0 Å². The number of rotatable bonds is 2. The van der Waals surface area contributed by atoms with E-state index in [-0.39, 0.29) is 0 Å². The number of halogens is 1. The zero-order valence-corrected chi connectivity index (χ0v) is 10.9. The van der Waals surface area contributed by atoms with Crippen molar-refractivity contribution in [2.45, 2.75) is 19.9 Å². The molecule has 0 aromatic rings. The number of hydrogen-bond acceptors (Lipinski definition) is 3. The third-order valence-electron chi connectivity index (χ3n) is 2.31. The van der Waals surface area contributed by atoms with Gasteiger partial charge in [0.15, 0.2) is 0 Å². The van der Waals surface area contributed by atoms with Gasteiger partial charge in [-0.2, -0.15) is 4.31 Å². The predicted molar refractivity (Wildman–Crippen MR) is 61.2 cm³/mol. The molecule has 0 atom stereocenters. The van der Waals surface area contributed by atoms with Crippen LogP contribution in [-0.4, -0.2) is 49.8 Å². The maximum absolute atomic E-state index is 11.2. The highest BCUT2D eigenvalue weighted by Gasteiger charge is 2.25. The molecule has 1 aliphatic heterocycles. The van der Waals surface area contributed by atoms with E-state index in [4.69, 9.17) is 0 Å². The summed E-state index contributed by atoms with van der Waals surface area (Å²) < 4.78 is 23.8. The van der Waals surface area contributed by atoms with E-state index in [0.29, 0.717) is 19.1 Å². The zero-order valence-electron chi connectivity index (χ0n) is 7.90. The third-order valence-corrected chi connectivity index (χ3v) is 4.97. The maximum atomic E-state index is 11.2. The molecule has 4 nitrogen and oxygen atoms in total. The van der Waals surface area contributed by atoms with Gasteiger partial charge in [0.05, 0.1) is 21.2 Å². The van der Waals surface area contributed by atoms with Crippen LogP contribution in [0.25, 0.3) is 0 Å². The van der Waals surface area contributed by atoms with Gasteiger partial charge in [-0.3, -0.25) is 4.90 Å². The van der Waals surface area contributed by atoms with Crippen molar-refractivity contribution in [1.82, 2.24) is 9.21 Å². The Hall–Kier alpha value is 0.600. The highest BCUT2D eigenvalue weighted by molar-refractivity contribution is 14.2. The second-order valence-corrected chi connectivity index (χ2v) is 8.15. The Balaban J connectivity index is 2.49. The van der Waals surface area contributed by atoms with Crippen LogP contribution < -0.4 is 0 Å². The molecule has 0 amide bonds. The molecule has 1 saturated heterocycles. The van der Waals surface area contributed by atoms with Crippen LogP contribution in [0.1, 0.15) is 13.8 Å². The van der Waals surface area contributed by atoms with Gasteiger partial charge in [0.2, 0.25) is 0 Å². The maximum Gasteiger partial charge on any atom is 0.267 e. The molecular weight excluding hydrogens is 303 g/mol. The molecular formula is C7H15IN2O2S. The first-order valence-corrected chi connectivity index (χ1v) is 8.33. The monoisotopic (exact) mass is 318 g/mol. The first kappa shape index (κ1) is 11.7. The van der Waals surface area contributed by atoms with Gasteiger partial charge in [-0.05, 0) is 13.8 Å². The molecule has 78 valence electrons. The van der Waals surface area contributed by atoms with E-state index in [1.54, 1.807) is 0 Å². The summed E-state index contributed by atoms with van der Waals surface area (Å²) in [6.45, 7) is 7.22. The molecule has 0 aliphatic carbocycles. The van der Waals surface area contributed by atoms with Gasteiger partial charge in [-0.25, -0.2) is 8.42 Å². The Morgan fingerprint density at radius 2 is 1.62 bits per heavy atom. The van der Waals surface area contributed by atoms with Crippen molar-refractivity contribution in [3.8, 4) is 0 Å². The van der Waals surface area contributed by atoms with Crippen LogP contribution in [0.2, 0.25) is 0 Å². The SMILES string of the molecule is CC(C)N1CCN(S(=O)(=O)I)CC1. The van der Waals surface area contributed by atoms with Gasteiger partial charge in [0, 0.05) is 32.2 Å². The van der Waals surface area contributed by atoms with Crippen LogP contribution in [0.15, 0.2) is 0 Å². The van der Waals surface area contributed by atoms with Crippen molar-refractivity contribution < 1.29 is 8.42 Å². The Morgan fingerprint density at radius 1 is 1.15 bits per heavy atom. The molecule has 0 bridgehead atoms. The highest BCUT2D eigenvalue weighted by atomic mass is 127. The molecule has 0 unspecified atom stereocenters. The van der Waals surface area contributed by atoms with Crippen LogP contribution in [0.5, 0.6) is 0 Å². The van der Waals surface area contributed by atoms with E-state index in [1.165, 1.54) is 25.5 Å². The highest BCUT2D eigenvalue weighted by Crippen LogP contribution is 2.14. The van der Waals surface area contributed by atoms with Gasteiger partial charge in [-0.15, -0.1) is 0 Å². The molecule has 6 heteroatoms. The molecule has 0 spiro atoms. The fourth-order valence-electron chi connectivity index (χ4n) is 1.44. The largest absolute Gasteiger partial charge is 0.298 e. The average molecular weight is 318 g/mol. The normalized spacial score (nSPS) is 22.5. The summed E-state index contributed by atoms with van der Waals surface area (Å²) in [6.07, 6.45) is 0. The summed E-state index contributed by atoms with van der Waals surface area (Å²) >= 11 is 1.50. The summed E-state index contributed by atoms with van der Waals surface area (Å²) in [4.78, 5) is 2.29. The first-order chi connectivity index (χ1) is 5.91. The molecule has 0 radical (unpaired) electrons. The molecule has 1 heterocycles. The van der Waals surface area contributed by atoms with Crippen LogP contribution in [0, 0.1) is 0 Å². The average Bonchev–Trinajstić information content (AvgIpc) is 2.03. The second-order valence-electron chi connectivity index (χ2n) is 3.47. The van der Waals surface area contributed by atoms with E-state index < -0.39 is 7.19 Å². The molecule has 1 fully saturated rings. The van der Waals surface area contributed by atoms with E-state index in [0.717, 1.165) is 13.1 Å². The summed E-state index contributed by atoms with van der Waals surface area (Å²) in [5.41, 5.74) is 0. The van der Waals surface area contributed by atoms with E-state index >= 15 is 0 Å². The van der Waals surface area contributed by atoms with Crippen LogP contribution in [0.4, 0.5) is 0 Å². The minimum absolute atomic E-state index is 0.513. The lowest BCUT2D eigenvalue weighted by molar-refractivity contribution is 0.156. The molecule has 13 heavy (non-hydrogen) atoms. The lowest BCUT2D eigenvalue weighted by atomic mass is 10.3. The topological polar surface area (TPSA) is 40.6 Å². The molecule has 1 aliphatic rings. The van der Waals surface area contributed by atoms with Crippen molar-refractivity contribution in [2.75, 3.05) is 26.2 Å². The molecule has 0 N–H and O–H groups in total. The second kappa shape index (κ2) is 4.41. The number of piperazine rings is 1. The molecule has 1 rings (SSSR count). The van der Waals surface area contributed by atoms with Crippen molar-refractivity contribution in [3.05, 3.63) is 0 Å². The van der Waals surface area contributed by atoms with Crippen LogP contribution in [0.3, 0.4) is 0 Å². The minimum Gasteiger partial charge on any atom is -0.298 e. The molecule has 0 aromatic carbocycles. The third kappa shape index (κ3) is 3.34. The standard InChI is InChI=1S/C7H15IN2O2S/c1-7(2)9-3-5-10(6-4-9)13(8,11)12/h7H,3-6H2,1-2H3. The van der Waals surface area contributed by atoms with Gasteiger partial charge in [0.1, 0.15) is 0 Å². The minimum atomic E-state index is -3.00. The van der Waals surface area contributed by atoms with Crippen molar-refractivity contribution in [1.29, 1.82) is 0 Å². The lowest BCUT2D eigenvalue weighted by Crippen LogP contribution is -2.49. The number of hydrogen-bond donors (Lipinski definition) is 0. The summed E-state index contributed by atoms with van der Waals surface area (Å²) in [5, 5.41) is 0. The van der Waals surface area contributed by atoms with Gasteiger partial charge >= 0.3 is 0 Å². The summed E-state index contributed by atoms with van der Waals surface area (Å²) in [7, 11) is -3.00. The summed E-state index contributed by atoms with van der Waals surface area (Å²) in [5.74, 6) is 0. The smallest absolute Gasteiger partial charge is 0.267 e. The lowest BCUT2D eigenvalue weighted by Gasteiger charge is -2.35. The van der Waals surface area contributed by atoms with Crippen molar-refractivity contribution in [2.24, 2.45) is 0 Å². The van der Waals surface area contributed by atoms with Crippen molar-refractivity contribution >= 4 is 28.4 Å². The fourth-order valence-corrected chi connectivity index (χ4v) is 3.22. The van der Waals surface area contributed by atoms with E-state index in [9.17, 15) is 8.42 Å². The van der Waals surface area contributed by atoms with Crippen molar-refractivity contribution in [3.63, 3.8) is 0 Å². The molecule has 0 aromatic heterocycles. The van der Waals surface area contributed by atoms with Gasteiger partial charge < -0.3 is 0 Å². The van der Waals surface area contributed by atoms with Crippen LogP contribution in [-0.2, 0) is 7.19 Å². The first-order valence-electron chi connectivity index (χ1n) is 4.35. The predicted octanol–water partition coefficient (Wildman–Crippen LogP) is 0.692. The number of nitrogens with zero attached hydrogens (tertiary/aromatic N) is 2. The quantitative estimate of drug-likeness (QED) is 0.556. The van der Waals surface area contributed by atoms with Gasteiger partial charge in [0.25, 0.3) is 7.19 Å². The zero-order chi connectivity index (χ0) is 10.1. The van der Waals surface area contributed by atoms with E-state index in [2.05, 4.69) is 18.7 Å². The molecule has 0 saturated carbocycles. The Morgan fingerprint density at radius 3 is 1.92 bits per heavy atom. The van der Waals surface area contributed by atoms with E-state index in [1.807, 2.05) is 0 Å². The van der Waals surface area contributed by atoms with Crippen LogP contribution >= 0.6 is 21.2 Å². The fraction of sp³-hybridized carbons (Fsp3) is 1.00. The Bertz CT molecular complexity index is 258. The summed E-state index contributed by atoms with van der Waals surface area (Å²) in [6, 6.07) is 0.513. The Kier molecular flexibility index (Phi) is 3.96. The Labute approximate surface area is 91.9 Å².